The Labute approximate surface area is 164 Å². The number of ether oxygens (including phenoxy) is 2. The van der Waals surface area contributed by atoms with E-state index in [1.54, 1.807) is 32.5 Å². The Kier molecular flexibility index (Phi) is 7.94. The van der Waals surface area contributed by atoms with Gasteiger partial charge in [0.05, 0.1) is 20.3 Å². The number of carbonyl (C=O) groups excluding carboxylic acids is 1. The standard InChI is InChI=1S/C19H26N4O3S/c1-5-26-17-11-14(8-9-16(17)25-4)22-19(21-13-18(24)23(2)3)20-12-15-7-6-10-27-15/h6-11H,5,12-13H2,1-4H3,(H2,20,21,22). The number of hydrogen-bond acceptors (Lipinski definition) is 5. The molecule has 0 bridgehead atoms. The van der Waals surface area contributed by atoms with Crippen LogP contribution in [0.4, 0.5) is 5.69 Å². The molecule has 7 nitrogen and oxygen atoms in total. The first kappa shape index (κ1) is 20.6. The maximum Gasteiger partial charge on any atom is 0.243 e. The van der Waals surface area contributed by atoms with Gasteiger partial charge < -0.3 is 25.0 Å². The van der Waals surface area contributed by atoms with Crippen molar-refractivity contribution in [3.63, 3.8) is 0 Å². The molecule has 0 aliphatic carbocycles. The number of nitrogens with zero attached hydrogens (tertiary/aromatic N) is 2. The van der Waals surface area contributed by atoms with E-state index in [1.807, 2.05) is 42.6 Å². The zero-order chi connectivity index (χ0) is 19.6. The van der Waals surface area contributed by atoms with Crippen molar-refractivity contribution >= 4 is 28.9 Å². The second kappa shape index (κ2) is 10.4. The Balaban J connectivity index is 2.15. The molecule has 0 aliphatic rings. The summed E-state index contributed by atoms with van der Waals surface area (Å²) in [5.41, 5.74) is 0.786. The molecule has 8 heteroatoms. The van der Waals surface area contributed by atoms with Gasteiger partial charge in [-0.2, -0.15) is 0 Å². The van der Waals surface area contributed by atoms with Gasteiger partial charge in [-0.3, -0.25) is 4.79 Å². The van der Waals surface area contributed by atoms with Crippen LogP contribution in [0, 0.1) is 0 Å². The van der Waals surface area contributed by atoms with Crippen molar-refractivity contribution in [1.82, 2.24) is 10.2 Å². The third-order valence-corrected chi connectivity index (χ3v) is 4.48. The molecule has 0 spiro atoms. The van der Waals surface area contributed by atoms with Gasteiger partial charge in [-0.25, -0.2) is 4.99 Å². The van der Waals surface area contributed by atoms with E-state index in [-0.39, 0.29) is 12.5 Å². The number of aliphatic imine (C=N–C) groups is 1. The molecular formula is C19H26N4O3S. The topological polar surface area (TPSA) is 75.2 Å². The lowest BCUT2D eigenvalue weighted by atomic mass is 10.2. The van der Waals surface area contributed by atoms with E-state index >= 15 is 0 Å². The fraction of sp³-hybridized carbons (Fsp3) is 0.368. The average molecular weight is 391 g/mol. The van der Waals surface area contributed by atoms with Gasteiger partial charge in [0.15, 0.2) is 17.5 Å². The van der Waals surface area contributed by atoms with Crippen molar-refractivity contribution in [3.05, 3.63) is 40.6 Å². The van der Waals surface area contributed by atoms with E-state index in [9.17, 15) is 4.79 Å². The number of guanidine groups is 1. The number of thiophene rings is 1. The molecule has 0 saturated heterocycles. The van der Waals surface area contributed by atoms with Gasteiger partial charge in [0.25, 0.3) is 0 Å². The maximum atomic E-state index is 11.9. The lowest BCUT2D eigenvalue weighted by Crippen LogP contribution is -2.32. The number of methoxy groups -OCH3 is 1. The average Bonchev–Trinajstić information content (AvgIpc) is 3.17. The molecule has 1 aromatic carbocycles. The normalized spacial score (nSPS) is 11.0. The third kappa shape index (κ3) is 6.49. The molecule has 0 atom stereocenters. The van der Waals surface area contributed by atoms with Gasteiger partial charge in [-0.05, 0) is 30.5 Å². The van der Waals surface area contributed by atoms with Crippen LogP contribution in [0.2, 0.25) is 0 Å². The van der Waals surface area contributed by atoms with E-state index in [4.69, 9.17) is 9.47 Å². The van der Waals surface area contributed by atoms with Gasteiger partial charge in [-0.15, -0.1) is 11.3 Å². The van der Waals surface area contributed by atoms with Gasteiger partial charge in [0, 0.05) is 30.7 Å². The molecule has 0 radical (unpaired) electrons. The number of benzene rings is 1. The molecule has 0 saturated carbocycles. The number of anilines is 1. The zero-order valence-corrected chi connectivity index (χ0v) is 16.9. The number of amides is 1. The second-order valence-corrected chi connectivity index (χ2v) is 6.84. The summed E-state index contributed by atoms with van der Waals surface area (Å²) in [6.45, 7) is 3.13. The molecule has 0 aliphatic heterocycles. The van der Waals surface area contributed by atoms with Crippen LogP contribution in [-0.4, -0.2) is 51.1 Å². The highest BCUT2D eigenvalue weighted by Crippen LogP contribution is 2.30. The minimum absolute atomic E-state index is 0.0568. The highest BCUT2D eigenvalue weighted by atomic mass is 32.1. The number of hydrogen-bond donors (Lipinski definition) is 2. The Bertz CT molecular complexity index is 760. The number of nitrogens with one attached hydrogen (secondary N) is 2. The van der Waals surface area contributed by atoms with Crippen molar-refractivity contribution in [3.8, 4) is 11.5 Å². The first-order valence-electron chi connectivity index (χ1n) is 8.62. The van der Waals surface area contributed by atoms with Gasteiger partial charge in [0.1, 0.15) is 6.54 Å². The quantitative estimate of drug-likeness (QED) is 0.536. The molecule has 0 fully saturated rings. The minimum atomic E-state index is -0.0723. The van der Waals surface area contributed by atoms with Crippen molar-refractivity contribution in [2.75, 3.05) is 39.7 Å². The van der Waals surface area contributed by atoms with Crippen molar-refractivity contribution in [1.29, 1.82) is 0 Å². The van der Waals surface area contributed by atoms with Crippen LogP contribution in [0.5, 0.6) is 11.5 Å². The van der Waals surface area contributed by atoms with Crippen molar-refractivity contribution < 1.29 is 14.3 Å². The Morgan fingerprint density at radius 3 is 2.70 bits per heavy atom. The minimum Gasteiger partial charge on any atom is -0.493 e. The van der Waals surface area contributed by atoms with Crippen molar-refractivity contribution in [2.45, 2.75) is 13.5 Å². The van der Waals surface area contributed by atoms with Crippen LogP contribution in [0.1, 0.15) is 11.8 Å². The van der Waals surface area contributed by atoms with Crippen molar-refractivity contribution in [2.24, 2.45) is 4.99 Å². The first-order chi connectivity index (χ1) is 13.0. The summed E-state index contributed by atoms with van der Waals surface area (Å²) in [5, 5.41) is 8.50. The molecule has 2 N–H and O–H groups in total. The van der Waals surface area contributed by atoms with E-state index in [0.29, 0.717) is 30.6 Å². The maximum absolute atomic E-state index is 11.9. The molecule has 0 unspecified atom stereocenters. The predicted octanol–water partition coefficient (Wildman–Crippen LogP) is 2.80. The largest absolute Gasteiger partial charge is 0.493 e. The van der Waals surface area contributed by atoms with Crippen LogP contribution in [0.25, 0.3) is 0 Å². The van der Waals surface area contributed by atoms with Crippen LogP contribution in [-0.2, 0) is 11.3 Å². The summed E-state index contributed by atoms with van der Waals surface area (Å²) in [5.74, 6) is 1.75. The summed E-state index contributed by atoms with van der Waals surface area (Å²) < 4.78 is 10.9. The highest BCUT2D eigenvalue weighted by molar-refractivity contribution is 7.09. The monoisotopic (exact) mass is 390 g/mol. The lowest BCUT2D eigenvalue weighted by molar-refractivity contribution is -0.127. The zero-order valence-electron chi connectivity index (χ0n) is 16.1. The SMILES string of the molecule is CCOc1cc(NC(=NCC(=O)N(C)C)NCc2cccs2)ccc1OC. The van der Waals surface area contributed by atoms with Gasteiger partial charge in [-0.1, -0.05) is 6.07 Å². The molecule has 1 amide bonds. The molecule has 146 valence electrons. The number of likely N-dealkylation sites (N-methyl/N-ethyl adjacent to an activating group) is 1. The summed E-state index contributed by atoms with van der Waals surface area (Å²) in [6.07, 6.45) is 0. The Hall–Kier alpha value is -2.74. The lowest BCUT2D eigenvalue weighted by Gasteiger charge is -2.15. The Morgan fingerprint density at radius 2 is 2.07 bits per heavy atom. The summed E-state index contributed by atoms with van der Waals surface area (Å²) in [7, 11) is 5.02. The van der Waals surface area contributed by atoms with E-state index < -0.39 is 0 Å². The Morgan fingerprint density at radius 1 is 1.26 bits per heavy atom. The molecule has 2 aromatic rings. The first-order valence-corrected chi connectivity index (χ1v) is 9.50. The van der Waals surface area contributed by atoms with Gasteiger partial charge in [0.2, 0.25) is 5.91 Å². The number of carbonyl (C=O) groups is 1. The van der Waals surface area contributed by atoms with E-state index in [0.717, 1.165) is 5.69 Å². The molecule has 1 heterocycles. The smallest absolute Gasteiger partial charge is 0.243 e. The number of rotatable bonds is 8. The second-order valence-electron chi connectivity index (χ2n) is 5.81. The van der Waals surface area contributed by atoms with E-state index in [1.165, 1.54) is 9.78 Å². The summed E-state index contributed by atoms with van der Waals surface area (Å²) in [4.78, 5) is 19.0. The summed E-state index contributed by atoms with van der Waals surface area (Å²) >= 11 is 1.66. The van der Waals surface area contributed by atoms with Crippen LogP contribution < -0.4 is 20.1 Å². The molecule has 2 rings (SSSR count). The predicted molar refractivity (Wildman–Crippen MR) is 110 cm³/mol. The highest BCUT2D eigenvalue weighted by Gasteiger charge is 2.09. The summed E-state index contributed by atoms with van der Waals surface area (Å²) in [6, 6.07) is 9.59. The van der Waals surface area contributed by atoms with Crippen LogP contribution in [0.15, 0.2) is 40.7 Å². The third-order valence-electron chi connectivity index (χ3n) is 3.61. The molecule has 27 heavy (non-hydrogen) atoms. The molecular weight excluding hydrogens is 364 g/mol. The van der Waals surface area contributed by atoms with Crippen LogP contribution in [0.3, 0.4) is 0 Å². The molecule has 1 aromatic heterocycles. The van der Waals surface area contributed by atoms with Gasteiger partial charge >= 0.3 is 0 Å². The van der Waals surface area contributed by atoms with E-state index in [2.05, 4.69) is 15.6 Å². The fourth-order valence-corrected chi connectivity index (χ4v) is 2.82. The fourth-order valence-electron chi connectivity index (χ4n) is 2.17. The van der Waals surface area contributed by atoms with Crippen LogP contribution >= 0.6 is 11.3 Å².